The van der Waals surface area contributed by atoms with Crippen LogP contribution in [0.2, 0.25) is 0 Å². The third-order valence-electron chi connectivity index (χ3n) is 9.98. The van der Waals surface area contributed by atoms with Crippen LogP contribution in [0, 0.1) is 0 Å². The second kappa shape index (κ2) is 12.3. The molecule has 0 N–H and O–H groups in total. The van der Waals surface area contributed by atoms with E-state index in [4.69, 9.17) is 9.72 Å². The molecule has 0 unspecified atom stereocenters. The zero-order valence-electron chi connectivity index (χ0n) is 29.3. The molecule has 8 rings (SSSR count). The minimum absolute atomic E-state index is 0.0404. The maximum atomic E-state index is 6.73. The van der Waals surface area contributed by atoms with Gasteiger partial charge < -0.3 is 14.5 Å². The van der Waals surface area contributed by atoms with E-state index in [2.05, 4.69) is 189 Å². The number of para-hydroxylation sites is 1. The summed E-state index contributed by atoms with van der Waals surface area (Å²) in [5, 5.41) is 0. The number of rotatable bonds is 6. The van der Waals surface area contributed by atoms with Crippen molar-refractivity contribution in [3.8, 4) is 11.5 Å². The van der Waals surface area contributed by atoms with Gasteiger partial charge in [-0.2, -0.15) is 0 Å². The molecule has 0 saturated carbocycles. The predicted molar refractivity (Wildman–Crippen MR) is 205 cm³/mol. The summed E-state index contributed by atoms with van der Waals surface area (Å²) in [5.74, 6) is 2.43. The van der Waals surface area contributed by atoms with Crippen LogP contribution < -0.4 is 14.5 Å². The van der Waals surface area contributed by atoms with Gasteiger partial charge in [0.15, 0.2) is 0 Å². The highest BCUT2D eigenvalue weighted by Crippen LogP contribution is 2.58. The third kappa shape index (κ3) is 5.30. The number of pyridine rings is 1. The van der Waals surface area contributed by atoms with Crippen molar-refractivity contribution >= 4 is 22.9 Å². The summed E-state index contributed by atoms with van der Waals surface area (Å²) >= 11 is 0. The fraction of sp³-hybridized carbons (Fsp3) is 0.178. The molecule has 2 aliphatic heterocycles. The quantitative estimate of drug-likeness (QED) is 0.178. The molecular formula is C45H42N4O. The molecule has 50 heavy (non-hydrogen) atoms. The van der Waals surface area contributed by atoms with E-state index < -0.39 is 5.41 Å². The Morgan fingerprint density at radius 1 is 0.660 bits per heavy atom. The topological polar surface area (TPSA) is 31.8 Å². The Bertz CT molecular complexity index is 2160. The van der Waals surface area contributed by atoms with E-state index in [0.29, 0.717) is 0 Å². The maximum absolute atomic E-state index is 6.73. The monoisotopic (exact) mass is 654 g/mol. The van der Waals surface area contributed by atoms with Crippen LogP contribution in [0.25, 0.3) is 0 Å². The number of ether oxygens (including phenoxy) is 1. The lowest BCUT2D eigenvalue weighted by molar-refractivity contribution is 0.480. The number of benzene rings is 5. The lowest BCUT2D eigenvalue weighted by atomic mass is 9.62. The molecule has 0 aliphatic carbocycles. The molecule has 6 aromatic rings. The Morgan fingerprint density at radius 2 is 1.32 bits per heavy atom. The van der Waals surface area contributed by atoms with Crippen LogP contribution in [0.15, 0.2) is 158 Å². The van der Waals surface area contributed by atoms with Crippen LogP contribution in [-0.4, -0.2) is 23.6 Å². The number of allylic oxidation sites excluding steroid dienone is 1. The summed E-state index contributed by atoms with van der Waals surface area (Å²) in [4.78, 5) is 11.8. The van der Waals surface area contributed by atoms with E-state index in [1.807, 2.05) is 12.3 Å². The highest BCUT2D eigenvalue weighted by atomic mass is 16.5. The zero-order chi connectivity index (χ0) is 34.5. The van der Waals surface area contributed by atoms with Gasteiger partial charge in [-0.05, 0) is 76.6 Å². The molecule has 0 radical (unpaired) electrons. The van der Waals surface area contributed by atoms with Crippen molar-refractivity contribution in [2.75, 3.05) is 23.5 Å². The number of hydrogen-bond donors (Lipinski definition) is 0. The van der Waals surface area contributed by atoms with Crippen molar-refractivity contribution < 1.29 is 4.74 Å². The highest BCUT2D eigenvalue weighted by Gasteiger charge is 2.46. The van der Waals surface area contributed by atoms with Gasteiger partial charge in [0.25, 0.3) is 0 Å². The molecule has 5 heteroatoms. The molecule has 0 bridgehead atoms. The lowest BCUT2D eigenvalue weighted by Crippen LogP contribution is -2.38. The first-order valence-electron chi connectivity index (χ1n) is 17.3. The molecular weight excluding hydrogens is 613 g/mol. The summed E-state index contributed by atoms with van der Waals surface area (Å²) in [7, 11) is 2.10. The predicted octanol–water partition coefficient (Wildman–Crippen LogP) is 10.9. The van der Waals surface area contributed by atoms with Crippen LogP contribution in [0.1, 0.15) is 55.5 Å². The van der Waals surface area contributed by atoms with Gasteiger partial charge >= 0.3 is 0 Å². The Kier molecular flexibility index (Phi) is 7.71. The first kappa shape index (κ1) is 31.5. The fourth-order valence-corrected chi connectivity index (χ4v) is 7.66. The minimum Gasteiger partial charge on any atom is -0.457 e. The lowest BCUT2D eigenvalue weighted by Gasteiger charge is -2.46. The Hall–Kier alpha value is -5.81. The van der Waals surface area contributed by atoms with Crippen molar-refractivity contribution in [3.63, 3.8) is 0 Å². The van der Waals surface area contributed by atoms with Gasteiger partial charge in [0, 0.05) is 43.0 Å². The highest BCUT2D eigenvalue weighted by molar-refractivity contribution is 5.89. The second-order valence-electron chi connectivity index (χ2n) is 14.4. The normalized spacial score (nSPS) is 15.0. The number of fused-ring (bicyclic) bond motifs is 2. The first-order chi connectivity index (χ1) is 24.2. The van der Waals surface area contributed by atoms with Crippen LogP contribution in [0.5, 0.6) is 11.5 Å². The van der Waals surface area contributed by atoms with E-state index in [9.17, 15) is 0 Å². The smallest absolute Gasteiger partial charge is 0.137 e. The van der Waals surface area contributed by atoms with Crippen molar-refractivity contribution in [3.05, 3.63) is 185 Å². The van der Waals surface area contributed by atoms with Gasteiger partial charge in [0.2, 0.25) is 0 Å². The number of hydrogen-bond acceptors (Lipinski definition) is 5. The standard InChI is InChI=1S/C45H42N4O/c1-32-30-47(5)31-48(32)36-19-14-20-37(28-36)50-38-23-24-40-42(29-38)49(43-27-35(25-26-46-43)44(2,3)4)41-22-13-12-21-39(41)45(40,33-15-8-6-9-16-33)34-17-10-7-11-18-34/h6-30H,31H2,1-5H3. The van der Waals surface area contributed by atoms with Crippen LogP contribution in [0.3, 0.4) is 0 Å². The maximum Gasteiger partial charge on any atom is 0.137 e. The molecule has 0 spiro atoms. The molecule has 2 aliphatic rings. The van der Waals surface area contributed by atoms with Crippen LogP contribution >= 0.6 is 0 Å². The zero-order valence-corrected chi connectivity index (χ0v) is 29.3. The third-order valence-corrected chi connectivity index (χ3v) is 9.98. The van der Waals surface area contributed by atoms with Gasteiger partial charge in [-0.1, -0.05) is 112 Å². The fourth-order valence-electron chi connectivity index (χ4n) is 7.66. The van der Waals surface area contributed by atoms with Crippen molar-refractivity contribution in [2.24, 2.45) is 0 Å². The summed E-state index contributed by atoms with van der Waals surface area (Å²) in [5.41, 5.74) is 9.80. The Balaban J connectivity index is 1.35. The molecule has 0 atom stereocenters. The molecule has 0 amide bonds. The second-order valence-corrected chi connectivity index (χ2v) is 14.4. The van der Waals surface area contributed by atoms with E-state index in [1.54, 1.807) is 0 Å². The van der Waals surface area contributed by atoms with E-state index in [-0.39, 0.29) is 5.41 Å². The van der Waals surface area contributed by atoms with Gasteiger partial charge in [-0.25, -0.2) is 4.98 Å². The van der Waals surface area contributed by atoms with Gasteiger partial charge in [-0.3, -0.25) is 4.90 Å². The number of anilines is 4. The summed E-state index contributed by atoms with van der Waals surface area (Å²) in [6.07, 6.45) is 4.10. The summed E-state index contributed by atoms with van der Waals surface area (Å²) in [6, 6.07) is 49.8. The molecule has 3 heterocycles. The van der Waals surface area contributed by atoms with Gasteiger partial charge in [0.1, 0.15) is 17.3 Å². The molecule has 0 saturated heterocycles. The van der Waals surface area contributed by atoms with Gasteiger partial charge in [-0.15, -0.1) is 0 Å². The molecule has 1 aromatic heterocycles. The SMILES string of the molecule is CC1=CN(C)CN1c1cccc(Oc2ccc3c(c2)N(c2cc(C(C)(C)C)ccn2)c2ccccc2C3(c2ccccc2)c2ccccc2)c1. The number of nitrogens with zero attached hydrogens (tertiary/aromatic N) is 4. The van der Waals surface area contributed by atoms with Gasteiger partial charge in [0.05, 0.1) is 23.5 Å². The van der Waals surface area contributed by atoms with Crippen molar-refractivity contribution in [2.45, 2.75) is 38.5 Å². The first-order valence-corrected chi connectivity index (χ1v) is 17.3. The number of aromatic nitrogens is 1. The molecule has 0 fully saturated rings. The average molecular weight is 655 g/mol. The Morgan fingerprint density at radius 3 is 2.00 bits per heavy atom. The Labute approximate surface area is 295 Å². The van der Waals surface area contributed by atoms with E-state index in [0.717, 1.165) is 41.0 Å². The molecule has 248 valence electrons. The van der Waals surface area contributed by atoms with E-state index >= 15 is 0 Å². The van der Waals surface area contributed by atoms with Crippen LogP contribution in [-0.2, 0) is 10.8 Å². The average Bonchev–Trinajstić information content (AvgIpc) is 3.48. The van der Waals surface area contributed by atoms with Crippen LogP contribution in [0.4, 0.5) is 22.9 Å². The van der Waals surface area contributed by atoms with Crippen molar-refractivity contribution in [1.82, 2.24) is 9.88 Å². The minimum atomic E-state index is -0.587. The van der Waals surface area contributed by atoms with Crippen molar-refractivity contribution in [1.29, 1.82) is 0 Å². The van der Waals surface area contributed by atoms with E-state index in [1.165, 1.54) is 33.5 Å². The molecule has 5 aromatic carbocycles. The summed E-state index contributed by atoms with van der Waals surface area (Å²) < 4.78 is 6.73. The summed E-state index contributed by atoms with van der Waals surface area (Å²) in [6.45, 7) is 9.69. The largest absolute Gasteiger partial charge is 0.457 e. The molecule has 5 nitrogen and oxygen atoms in total.